The molecule has 1 heterocycles. The van der Waals surface area contributed by atoms with Crippen LogP contribution in [-0.2, 0) is 0 Å². The second-order valence-electron chi connectivity index (χ2n) is 4.04. The lowest BCUT2D eigenvalue weighted by Gasteiger charge is -2.08. The number of nitrogens with two attached hydrogens (primary N) is 1. The Hall–Kier alpha value is -2.47. The van der Waals surface area contributed by atoms with Gasteiger partial charge >= 0.3 is 0 Å². The molecule has 0 amide bonds. The van der Waals surface area contributed by atoms with Crippen LogP contribution in [0.5, 0.6) is 0 Å². The fourth-order valence-electron chi connectivity index (χ4n) is 1.99. The summed E-state index contributed by atoms with van der Waals surface area (Å²) in [4.78, 5) is 5.10. The van der Waals surface area contributed by atoms with E-state index in [0.717, 1.165) is 15.7 Å². The van der Waals surface area contributed by atoms with E-state index < -0.39 is 0 Å². The van der Waals surface area contributed by atoms with Crippen LogP contribution < -0.4 is 5.73 Å². The maximum atomic E-state index is 8.86. The third kappa shape index (κ3) is 2.21. The first kappa shape index (κ1) is 12.6. The van der Waals surface area contributed by atoms with Gasteiger partial charge in [0, 0.05) is 10.5 Å². The van der Waals surface area contributed by atoms with Gasteiger partial charge in [0.2, 0.25) is 0 Å². The molecule has 3 aromatic rings. The average Bonchev–Trinajstić information content (AvgIpc) is 3.00. The van der Waals surface area contributed by atoms with Crippen molar-refractivity contribution in [2.24, 2.45) is 10.9 Å². The molecule has 0 aliphatic heterocycles. The lowest BCUT2D eigenvalue weighted by molar-refractivity contribution is 0.318. The Morgan fingerprint density at radius 2 is 2.00 bits per heavy atom. The Kier molecular flexibility index (Phi) is 3.30. The van der Waals surface area contributed by atoms with E-state index in [0.29, 0.717) is 10.8 Å². The highest BCUT2D eigenvalue weighted by Gasteiger charge is 2.11. The molecule has 1 aromatic heterocycles. The van der Waals surface area contributed by atoms with Crippen molar-refractivity contribution >= 4 is 28.4 Å². The highest BCUT2D eigenvalue weighted by molar-refractivity contribution is 7.99. The summed E-state index contributed by atoms with van der Waals surface area (Å²) in [5.41, 5.74) is 6.40. The lowest BCUT2D eigenvalue weighted by Crippen LogP contribution is -2.13. The van der Waals surface area contributed by atoms with Gasteiger partial charge < -0.3 is 15.4 Å². The van der Waals surface area contributed by atoms with Crippen molar-refractivity contribution < 1.29 is 9.62 Å². The molecule has 0 radical (unpaired) electrons. The number of hydrogen-bond donors (Lipinski definition) is 2. The molecular formula is C14H11N3O2S. The number of fused-ring (bicyclic) bond motifs is 1. The molecule has 5 nitrogen and oxygen atoms in total. The molecule has 0 aliphatic rings. The molecule has 2 aromatic carbocycles. The molecule has 0 aliphatic carbocycles. The van der Waals surface area contributed by atoms with Gasteiger partial charge in [-0.3, -0.25) is 0 Å². The minimum absolute atomic E-state index is 0.0915. The molecule has 0 fully saturated rings. The summed E-state index contributed by atoms with van der Waals surface area (Å²) in [6.07, 6.45) is 3.14. The van der Waals surface area contributed by atoms with Gasteiger partial charge in [0.15, 0.2) is 5.84 Å². The van der Waals surface area contributed by atoms with Gasteiger partial charge in [-0.2, -0.15) is 0 Å². The van der Waals surface area contributed by atoms with Gasteiger partial charge in [-0.15, -0.1) is 0 Å². The Morgan fingerprint density at radius 1 is 1.20 bits per heavy atom. The maximum Gasteiger partial charge on any atom is 0.260 e. The number of oxazole rings is 1. The molecule has 0 unspecified atom stereocenters. The molecule has 3 N–H and O–H groups in total. The number of benzene rings is 2. The first-order valence-electron chi connectivity index (χ1n) is 5.86. The van der Waals surface area contributed by atoms with E-state index in [9.17, 15) is 0 Å². The van der Waals surface area contributed by atoms with Crippen LogP contribution in [0.2, 0.25) is 0 Å². The smallest absolute Gasteiger partial charge is 0.260 e. The zero-order valence-electron chi connectivity index (χ0n) is 10.4. The Bertz CT molecular complexity index is 769. The van der Waals surface area contributed by atoms with Crippen molar-refractivity contribution in [3.8, 4) is 0 Å². The SMILES string of the molecule is N/C(=N/O)c1ccc(Sc2ncco2)c2ccccc12. The fraction of sp³-hybridized carbons (Fsp3) is 0. The summed E-state index contributed by atoms with van der Waals surface area (Å²) in [7, 11) is 0. The molecule has 0 saturated heterocycles. The Labute approximate surface area is 119 Å². The van der Waals surface area contributed by atoms with E-state index in [1.807, 2.05) is 36.4 Å². The second kappa shape index (κ2) is 5.26. The van der Waals surface area contributed by atoms with Gasteiger partial charge in [-0.05, 0) is 34.7 Å². The van der Waals surface area contributed by atoms with Crippen LogP contribution in [0.15, 0.2) is 68.5 Å². The average molecular weight is 285 g/mol. The van der Waals surface area contributed by atoms with E-state index in [4.69, 9.17) is 15.4 Å². The molecule has 0 bridgehead atoms. The number of rotatable bonds is 3. The van der Waals surface area contributed by atoms with Crippen LogP contribution >= 0.6 is 11.8 Å². The van der Waals surface area contributed by atoms with Crippen molar-refractivity contribution in [2.45, 2.75) is 10.1 Å². The fourth-order valence-corrected chi connectivity index (χ4v) is 2.82. The first-order chi connectivity index (χ1) is 9.79. The molecular weight excluding hydrogens is 274 g/mol. The van der Waals surface area contributed by atoms with Crippen molar-refractivity contribution in [3.63, 3.8) is 0 Å². The van der Waals surface area contributed by atoms with E-state index in [2.05, 4.69) is 10.1 Å². The number of amidine groups is 1. The second-order valence-corrected chi connectivity index (χ2v) is 5.04. The summed E-state index contributed by atoms with van der Waals surface area (Å²) >= 11 is 1.43. The van der Waals surface area contributed by atoms with Crippen molar-refractivity contribution in [1.82, 2.24) is 4.98 Å². The first-order valence-corrected chi connectivity index (χ1v) is 6.68. The number of aromatic nitrogens is 1. The van der Waals surface area contributed by atoms with Crippen LogP contribution in [0.3, 0.4) is 0 Å². The zero-order valence-corrected chi connectivity index (χ0v) is 11.2. The van der Waals surface area contributed by atoms with Crippen LogP contribution in [-0.4, -0.2) is 16.0 Å². The van der Waals surface area contributed by atoms with Crippen LogP contribution in [0.25, 0.3) is 10.8 Å². The lowest BCUT2D eigenvalue weighted by atomic mass is 10.0. The van der Waals surface area contributed by atoms with Gasteiger partial charge in [0.05, 0.1) is 6.20 Å². The van der Waals surface area contributed by atoms with Gasteiger partial charge in [0.25, 0.3) is 5.22 Å². The summed E-state index contributed by atoms with van der Waals surface area (Å²) in [5.74, 6) is 0.0915. The standard InChI is InChI=1S/C14H11N3O2S/c15-13(17-18)11-5-6-12(20-14-16-7-8-19-14)10-4-2-1-3-9(10)11/h1-8,18H,(H2,15,17). The predicted octanol–water partition coefficient (Wildman–Crippen LogP) is 3.07. The third-order valence-electron chi connectivity index (χ3n) is 2.87. The monoisotopic (exact) mass is 285 g/mol. The van der Waals surface area contributed by atoms with Crippen LogP contribution in [0.4, 0.5) is 0 Å². The van der Waals surface area contributed by atoms with Crippen molar-refractivity contribution in [3.05, 3.63) is 54.4 Å². The number of nitrogens with zero attached hydrogens (tertiary/aromatic N) is 2. The Morgan fingerprint density at radius 3 is 2.70 bits per heavy atom. The quantitative estimate of drug-likeness (QED) is 0.334. The third-order valence-corrected chi connectivity index (χ3v) is 3.83. The van der Waals surface area contributed by atoms with Crippen LogP contribution in [0.1, 0.15) is 5.56 Å². The topological polar surface area (TPSA) is 84.6 Å². The molecule has 6 heteroatoms. The Balaban J connectivity index is 2.16. The molecule has 20 heavy (non-hydrogen) atoms. The van der Waals surface area contributed by atoms with Crippen molar-refractivity contribution in [2.75, 3.05) is 0 Å². The normalized spacial score (nSPS) is 11.9. The van der Waals surface area contributed by atoms with E-state index in [1.165, 1.54) is 18.0 Å². The van der Waals surface area contributed by atoms with Crippen molar-refractivity contribution in [1.29, 1.82) is 0 Å². The zero-order chi connectivity index (χ0) is 13.9. The highest BCUT2D eigenvalue weighted by Crippen LogP contribution is 2.34. The largest absolute Gasteiger partial charge is 0.440 e. The number of oxime groups is 1. The molecule has 100 valence electrons. The van der Waals surface area contributed by atoms with Crippen LogP contribution in [0, 0.1) is 0 Å². The minimum Gasteiger partial charge on any atom is -0.440 e. The van der Waals surface area contributed by atoms with E-state index in [-0.39, 0.29) is 5.84 Å². The molecule has 0 saturated carbocycles. The molecule has 3 rings (SSSR count). The summed E-state index contributed by atoms with van der Waals surface area (Å²) in [5, 5.41) is 14.4. The van der Waals surface area contributed by atoms with Gasteiger partial charge in [-0.25, -0.2) is 4.98 Å². The minimum atomic E-state index is 0.0915. The molecule has 0 spiro atoms. The molecule has 0 atom stereocenters. The predicted molar refractivity (Wildman–Crippen MR) is 77.1 cm³/mol. The van der Waals surface area contributed by atoms with E-state index in [1.54, 1.807) is 6.20 Å². The summed E-state index contributed by atoms with van der Waals surface area (Å²) in [6, 6.07) is 11.5. The van der Waals surface area contributed by atoms with E-state index >= 15 is 0 Å². The van der Waals surface area contributed by atoms with Gasteiger partial charge in [0.1, 0.15) is 6.26 Å². The van der Waals surface area contributed by atoms with Gasteiger partial charge in [-0.1, -0.05) is 29.4 Å². The summed E-state index contributed by atoms with van der Waals surface area (Å²) in [6.45, 7) is 0. The maximum absolute atomic E-state index is 8.86. The summed E-state index contributed by atoms with van der Waals surface area (Å²) < 4.78 is 5.25. The number of hydrogen-bond acceptors (Lipinski definition) is 5. The highest BCUT2D eigenvalue weighted by atomic mass is 32.2.